The fourth-order valence-corrected chi connectivity index (χ4v) is 4.22. The SMILES string of the molecule is COc1cc(OC)c(C2c3c(n[nH]c3-c3ccc4c(c3)OCO4)OC(=N)C2C#N)cc1OC. The second kappa shape index (κ2) is 7.94. The van der Waals surface area contributed by atoms with Crippen LogP contribution in [0.15, 0.2) is 30.3 Å². The van der Waals surface area contributed by atoms with Crippen molar-refractivity contribution in [1.82, 2.24) is 10.2 Å². The highest BCUT2D eigenvalue weighted by Gasteiger charge is 2.42. The molecule has 2 aliphatic heterocycles. The third-order valence-corrected chi connectivity index (χ3v) is 5.77. The van der Waals surface area contributed by atoms with Crippen LogP contribution in [0.1, 0.15) is 17.0 Å². The van der Waals surface area contributed by atoms with Crippen molar-refractivity contribution in [3.63, 3.8) is 0 Å². The highest BCUT2D eigenvalue weighted by molar-refractivity contribution is 5.87. The van der Waals surface area contributed by atoms with E-state index in [0.717, 1.165) is 5.56 Å². The van der Waals surface area contributed by atoms with Crippen LogP contribution in [0.5, 0.6) is 34.6 Å². The maximum absolute atomic E-state index is 10.0. The van der Waals surface area contributed by atoms with Gasteiger partial charge in [-0.05, 0) is 24.3 Å². The number of hydrogen-bond acceptors (Lipinski definition) is 9. The van der Waals surface area contributed by atoms with Gasteiger partial charge in [-0.3, -0.25) is 10.5 Å². The fraction of sp³-hybridized carbons (Fsp3) is 0.261. The molecule has 0 saturated carbocycles. The van der Waals surface area contributed by atoms with E-state index >= 15 is 0 Å². The maximum atomic E-state index is 10.0. The van der Waals surface area contributed by atoms with Gasteiger partial charge in [0, 0.05) is 23.1 Å². The first kappa shape index (κ1) is 20.5. The zero-order valence-corrected chi connectivity index (χ0v) is 18.1. The van der Waals surface area contributed by atoms with Crippen LogP contribution in [0.3, 0.4) is 0 Å². The molecule has 10 nitrogen and oxygen atoms in total. The van der Waals surface area contributed by atoms with Gasteiger partial charge < -0.3 is 28.4 Å². The number of ether oxygens (including phenoxy) is 6. The minimum Gasteiger partial charge on any atom is -0.496 e. The van der Waals surface area contributed by atoms with Gasteiger partial charge in [0.2, 0.25) is 18.6 Å². The highest BCUT2D eigenvalue weighted by Crippen LogP contribution is 2.50. The first-order valence-electron chi connectivity index (χ1n) is 10.0. The third-order valence-electron chi connectivity index (χ3n) is 5.77. The van der Waals surface area contributed by atoms with Gasteiger partial charge in [0.1, 0.15) is 11.7 Å². The quantitative estimate of drug-likeness (QED) is 0.606. The molecule has 0 saturated heterocycles. The number of aromatic nitrogens is 2. The Bertz CT molecular complexity index is 1290. The molecule has 0 aliphatic carbocycles. The monoisotopic (exact) mass is 448 g/mol. The number of nitrogens with one attached hydrogen (secondary N) is 2. The molecule has 0 fully saturated rings. The topological polar surface area (TPSA) is 132 Å². The molecule has 3 aromatic rings. The lowest BCUT2D eigenvalue weighted by atomic mass is 9.78. The smallest absolute Gasteiger partial charge is 0.244 e. The molecule has 2 aromatic carbocycles. The summed E-state index contributed by atoms with van der Waals surface area (Å²) in [4.78, 5) is 0. The molecule has 2 N–H and O–H groups in total. The standard InChI is InChI=1S/C23H20N4O6/c1-28-15-8-17(30-3)16(29-2)7-12(15)19-13(9-24)22(25)33-23-20(19)21(26-27-23)11-4-5-14-18(6-11)32-10-31-14/h4-8,13,19,25H,10H2,1-3H3,(H,26,27). The highest BCUT2D eigenvalue weighted by atomic mass is 16.7. The molecule has 3 heterocycles. The van der Waals surface area contributed by atoms with Crippen LogP contribution in [-0.2, 0) is 0 Å². The number of nitrogens with zero attached hydrogens (tertiary/aromatic N) is 2. The largest absolute Gasteiger partial charge is 0.496 e. The molecule has 0 radical (unpaired) electrons. The van der Waals surface area contributed by atoms with Crippen LogP contribution in [0, 0.1) is 22.7 Å². The molecule has 0 amide bonds. The lowest BCUT2D eigenvalue weighted by molar-refractivity contribution is 0.174. The van der Waals surface area contributed by atoms with Crippen LogP contribution in [-0.4, -0.2) is 44.2 Å². The van der Waals surface area contributed by atoms with E-state index in [1.807, 2.05) is 18.2 Å². The summed E-state index contributed by atoms with van der Waals surface area (Å²) in [6.07, 6.45) is 0. The summed E-state index contributed by atoms with van der Waals surface area (Å²) in [7, 11) is 4.60. The number of fused-ring (bicyclic) bond motifs is 2. The summed E-state index contributed by atoms with van der Waals surface area (Å²) < 4.78 is 33.1. The van der Waals surface area contributed by atoms with Crippen molar-refractivity contribution in [2.24, 2.45) is 5.92 Å². The average molecular weight is 448 g/mol. The molecule has 33 heavy (non-hydrogen) atoms. The normalized spacial score (nSPS) is 18.2. The average Bonchev–Trinajstić information content (AvgIpc) is 3.48. The Balaban J connectivity index is 1.74. The summed E-state index contributed by atoms with van der Waals surface area (Å²) in [5, 5.41) is 25.6. The Morgan fingerprint density at radius 2 is 1.76 bits per heavy atom. The molecule has 0 spiro atoms. The number of hydrogen-bond donors (Lipinski definition) is 2. The van der Waals surface area contributed by atoms with Gasteiger partial charge in [-0.1, -0.05) is 0 Å². The molecule has 2 unspecified atom stereocenters. The minimum absolute atomic E-state index is 0.155. The van der Waals surface area contributed by atoms with Crippen molar-refractivity contribution in [3.05, 3.63) is 41.5 Å². The summed E-state index contributed by atoms with van der Waals surface area (Å²) in [6.45, 7) is 0.155. The minimum atomic E-state index is -0.921. The zero-order chi connectivity index (χ0) is 23.1. The predicted molar refractivity (Wildman–Crippen MR) is 116 cm³/mol. The molecule has 10 heteroatoms. The van der Waals surface area contributed by atoms with E-state index < -0.39 is 11.8 Å². The summed E-state index contributed by atoms with van der Waals surface area (Å²) in [6, 6.07) is 11.2. The first-order chi connectivity index (χ1) is 16.1. The van der Waals surface area contributed by atoms with Crippen LogP contribution >= 0.6 is 0 Å². The molecule has 1 aromatic heterocycles. The number of nitriles is 1. The Labute approximate surface area is 189 Å². The van der Waals surface area contributed by atoms with E-state index in [4.69, 9.17) is 33.8 Å². The van der Waals surface area contributed by atoms with Crippen molar-refractivity contribution in [2.45, 2.75) is 5.92 Å². The molecule has 2 atom stereocenters. The van der Waals surface area contributed by atoms with E-state index in [9.17, 15) is 5.26 Å². The maximum Gasteiger partial charge on any atom is 0.244 e. The lowest BCUT2D eigenvalue weighted by Gasteiger charge is -2.29. The fourth-order valence-electron chi connectivity index (χ4n) is 4.22. The van der Waals surface area contributed by atoms with Gasteiger partial charge in [0.05, 0.1) is 38.7 Å². The number of methoxy groups -OCH3 is 3. The predicted octanol–water partition coefficient (Wildman–Crippen LogP) is 3.47. The van der Waals surface area contributed by atoms with Gasteiger partial charge in [0.25, 0.3) is 0 Å². The summed E-state index contributed by atoms with van der Waals surface area (Å²) >= 11 is 0. The third kappa shape index (κ3) is 3.17. The van der Waals surface area contributed by atoms with E-state index in [0.29, 0.717) is 45.6 Å². The number of benzene rings is 2. The van der Waals surface area contributed by atoms with Gasteiger partial charge in [-0.25, -0.2) is 0 Å². The Morgan fingerprint density at radius 3 is 2.48 bits per heavy atom. The van der Waals surface area contributed by atoms with E-state index in [1.54, 1.807) is 12.1 Å². The van der Waals surface area contributed by atoms with Gasteiger partial charge >= 0.3 is 0 Å². The number of H-pyrrole nitrogens is 1. The molecule has 168 valence electrons. The molecule has 2 aliphatic rings. The van der Waals surface area contributed by atoms with E-state index in [1.165, 1.54) is 21.3 Å². The Morgan fingerprint density at radius 1 is 1.03 bits per heavy atom. The Hall–Kier alpha value is -4.39. The van der Waals surface area contributed by atoms with Crippen molar-refractivity contribution in [2.75, 3.05) is 28.1 Å². The molecular formula is C23H20N4O6. The van der Waals surface area contributed by atoms with Crippen LogP contribution in [0.2, 0.25) is 0 Å². The van der Waals surface area contributed by atoms with Crippen molar-refractivity contribution in [3.8, 4) is 52.0 Å². The van der Waals surface area contributed by atoms with Crippen LogP contribution < -0.4 is 28.4 Å². The molecule has 5 rings (SSSR count). The van der Waals surface area contributed by atoms with E-state index in [-0.39, 0.29) is 18.6 Å². The molecular weight excluding hydrogens is 428 g/mol. The van der Waals surface area contributed by atoms with Gasteiger partial charge in [-0.2, -0.15) is 5.26 Å². The van der Waals surface area contributed by atoms with Crippen LogP contribution in [0.4, 0.5) is 0 Å². The van der Waals surface area contributed by atoms with Crippen molar-refractivity contribution < 1.29 is 28.4 Å². The second-order valence-electron chi connectivity index (χ2n) is 7.39. The van der Waals surface area contributed by atoms with Crippen molar-refractivity contribution in [1.29, 1.82) is 10.7 Å². The lowest BCUT2D eigenvalue weighted by Crippen LogP contribution is -2.31. The van der Waals surface area contributed by atoms with Gasteiger partial charge in [0.15, 0.2) is 23.0 Å². The first-order valence-corrected chi connectivity index (χ1v) is 10.0. The molecule has 0 bridgehead atoms. The van der Waals surface area contributed by atoms with Crippen LogP contribution in [0.25, 0.3) is 11.3 Å². The Kier molecular flexibility index (Phi) is 4.94. The number of rotatable bonds is 5. The summed E-state index contributed by atoms with van der Waals surface area (Å²) in [5.74, 6) is 1.17. The number of aromatic amines is 1. The van der Waals surface area contributed by atoms with E-state index in [2.05, 4.69) is 16.3 Å². The summed E-state index contributed by atoms with van der Waals surface area (Å²) in [5.41, 5.74) is 2.67. The zero-order valence-electron chi connectivity index (χ0n) is 18.1. The second-order valence-corrected chi connectivity index (χ2v) is 7.39. The van der Waals surface area contributed by atoms with Crippen molar-refractivity contribution >= 4 is 5.90 Å². The van der Waals surface area contributed by atoms with Gasteiger partial charge in [-0.15, -0.1) is 5.10 Å².